The number of aromatic nitrogens is 1. The van der Waals surface area contributed by atoms with Crippen LogP contribution in [0.25, 0.3) is 0 Å². The second-order valence-electron chi connectivity index (χ2n) is 4.94. The molecular formula is C13H16Cl2N2O3. The average molecular weight is 319 g/mol. The lowest BCUT2D eigenvalue weighted by molar-refractivity contribution is -0.209. The van der Waals surface area contributed by atoms with Gasteiger partial charge < -0.3 is 19.5 Å². The quantitative estimate of drug-likeness (QED) is 0.928. The standard InChI is InChI=1S/C13H16Cl2N2O3/c14-9-5-11(15)12(16-6-9)17-7-10-8-19-13(20-10)1-3-18-4-2-13/h5-6,10H,1-4,7-8H2,(H,16,17). The summed E-state index contributed by atoms with van der Waals surface area (Å²) in [6.07, 6.45) is 3.11. The van der Waals surface area contributed by atoms with Crippen molar-refractivity contribution in [2.24, 2.45) is 0 Å². The Morgan fingerprint density at radius 3 is 2.90 bits per heavy atom. The lowest BCUT2D eigenvalue weighted by atomic mass is 10.1. The fourth-order valence-electron chi connectivity index (χ4n) is 2.42. The first-order chi connectivity index (χ1) is 9.67. The predicted octanol–water partition coefficient (Wildman–Crippen LogP) is 2.72. The zero-order valence-electron chi connectivity index (χ0n) is 10.9. The third-order valence-electron chi connectivity index (χ3n) is 3.47. The van der Waals surface area contributed by atoms with E-state index in [1.807, 2.05) is 0 Å². The maximum Gasteiger partial charge on any atom is 0.173 e. The van der Waals surface area contributed by atoms with E-state index >= 15 is 0 Å². The normalized spacial score (nSPS) is 25.0. The summed E-state index contributed by atoms with van der Waals surface area (Å²) in [5.41, 5.74) is 0. The molecule has 1 aromatic heterocycles. The van der Waals surface area contributed by atoms with Crippen LogP contribution in [-0.2, 0) is 14.2 Å². The molecule has 0 amide bonds. The summed E-state index contributed by atoms with van der Waals surface area (Å²) in [5, 5.41) is 4.18. The van der Waals surface area contributed by atoms with Crippen LogP contribution in [0.1, 0.15) is 12.8 Å². The summed E-state index contributed by atoms with van der Waals surface area (Å²) in [6, 6.07) is 1.66. The van der Waals surface area contributed by atoms with Crippen molar-refractivity contribution in [3.8, 4) is 0 Å². The molecule has 2 saturated heterocycles. The number of anilines is 1. The van der Waals surface area contributed by atoms with Gasteiger partial charge in [0.05, 0.1) is 29.9 Å². The van der Waals surface area contributed by atoms with Crippen LogP contribution in [0, 0.1) is 0 Å². The van der Waals surface area contributed by atoms with Crippen LogP contribution >= 0.6 is 23.2 Å². The molecule has 2 aliphatic rings. The van der Waals surface area contributed by atoms with Gasteiger partial charge in [0.2, 0.25) is 0 Å². The Labute approximate surface area is 127 Å². The van der Waals surface area contributed by atoms with Gasteiger partial charge in [-0.15, -0.1) is 0 Å². The summed E-state index contributed by atoms with van der Waals surface area (Å²) in [6.45, 7) is 2.53. The van der Waals surface area contributed by atoms with Gasteiger partial charge in [-0.1, -0.05) is 23.2 Å². The second kappa shape index (κ2) is 6.03. The highest BCUT2D eigenvalue weighted by atomic mass is 35.5. The lowest BCUT2D eigenvalue weighted by Crippen LogP contribution is -2.38. The van der Waals surface area contributed by atoms with Crippen LogP contribution in [0.5, 0.6) is 0 Å². The van der Waals surface area contributed by atoms with Gasteiger partial charge in [0.15, 0.2) is 5.79 Å². The van der Waals surface area contributed by atoms with E-state index < -0.39 is 5.79 Å². The SMILES string of the molecule is Clc1cnc(NCC2COC3(CCOCC3)O2)c(Cl)c1. The summed E-state index contributed by atoms with van der Waals surface area (Å²) in [7, 11) is 0. The maximum atomic E-state index is 6.06. The van der Waals surface area contributed by atoms with E-state index in [4.69, 9.17) is 37.4 Å². The molecule has 0 aromatic carbocycles. The Kier molecular flexibility index (Phi) is 4.33. The largest absolute Gasteiger partial charge is 0.381 e. The summed E-state index contributed by atoms with van der Waals surface area (Å²) >= 11 is 11.9. The van der Waals surface area contributed by atoms with Crippen LogP contribution in [-0.4, -0.2) is 43.2 Å². The Bertz CT molecular complexity index is 481. The van der Waals surface area contributed by atoms with Gasteiger partial charge in [-0.25, -0.2) is 4.98 Å². The molecule has 2 fully saturated rings. The number of hydrogen-bond acceptors (Lipinski definition) is 5. The summed E-state index contributed by atoms with van der Waals surface area (Å²) in [4.78, 5) is 4.15. The highest BCUT2D eigenvalue weighted by molar-refractivity contribution is 6.35. The predicted molar refractivity (Wildman–Crippen MR) is 76.4 cm³/mol. The highest BCUT2D eigenvalue weighted by Crippen LogP contribution is 2.33. The molecule has 5 nitrogen and oxygen atoms in total. The Morgan fingerprint density at radius 2 is 2.15 bits per heavy atom. The fourth-order valence-corrected chi connectivity index (χ4v) is 2.86. The van der Waals surface area contributed by atoms with Crippen LogP contribution in [0.15, 0.2) is 12.3 Å². The van der Waals surface area contributed by atoms with Crippen molar-refractivity contribution in [3.05, 3.63) is 22.3 Å². The van der Waals surface area contributed by atoms with Crippen molar-refractivity contribution in [2.45, 2.75) is 24.7 Å². The topological polar surface area (TPSA) is 52.6 Å². The van der Waals surface area contributed by atoms with Crippen molar-refractivity contribution in [2.75, 3.05) is 31.7 Å². The molecule has 3 rings (SSSR count). The monoisotopic (exact) mass is 318 g/mol. The number of pyridine rings is 1. The molecular weight excluding hydrogens is 303 g/mol. The van der Waals surface area contributed by atoms with Gasteiger partial charge >= 0.3 is 0 Å². The lowest BCUT2D eigenvalue weighted by Gasteiger charge is -2.31. The zero-order valence-corrected chi connectivity index (χ0v) is 12.4. The van der Waals surface area contributed by atoms with Gasteiger partial charge in [-0.05, 0) is 6.07 Å². The van der Waals surface area contributed by atoms with Gasteiger partial charge in [-0.3, -0.25) is 0 Å². The molecule has 1 spiro atoms. The van der Waals surface area contributed by atoms with Gasteiger partial charge in [0.25, 0.3) is 0 Å². The number of nitrogens with zero attached hydrogens (tertiary/aromatic N) is 1. The average Bonchev–Trinajstić information content (AvgIpc) is 2.82. The van der Waals surface area contributed by atoms with E-state index in [1.54, 1.807) is 12.3 Å². The minimum atomic E-state index is -0.457. The van der Waals surface area contributed by atoms with E-state index in [2.05, 4.69) is 10.3 Å². The second-order valence-corrected chi connectivity index (χ2v) is 5.78. The van der Waals surface area contributed by atoms with E-state index in [-0.39, 0.29) is 6.10 Å². The first-order valence-corrected chi connectivity index (χ1v) is 7.37. The van der Waals surface area contributed by atoms with Crippen molar-refractivity contribution in [3.63, 3.8) is 0 Å². The van der Waals surface area contributed by atoms with E-state index in [0.29, 0.717) is 42.2 Å². The molecule has 0 radical (unpaired) electrons. The van der Waals surface area contributed by atoms with Crippen LogP contribution < -0.4 is 5.32 Å². The van der Waals surface area contributed by atoms with Crippen molar-refractivity contribution in [1.82, 2.24) is 4.98 Å². The van der Waals surface area contributed by atoms with Crippen LogP contribution in [0.4, 0.5) is 5.82 Å². The van der Waals surface area contributed by atoms with Crippen molar-refractivity contribution >= 4 is 29.0 Å². The molecule has 7 heteroatoms. The number of ether oxygens (including phenoxy) is 3. The molecule has 20 heavy (non-hydrogen) atoms. The van der Waals surface area contributed by atoms with Crippen molar-refractivity contribution < 1.29 is 14.2 Å². The molecule has 1 unspecified atom stereocenters. The minimum Gasteiger partial charge on any atom is -0.381 e. The smallest absolute Gasteiger partial charge is 0.173 e. The Morgan fingerprint density at radius 1 is 1.35 bits per heavy atom. The van der Waals surface area contributed by atoms with Gasteiger partial charge in [0, 0.05) is 25.6 Å². The molecule has 1 aromatic rings. The number of hydrogen-bond donors (Lipinski definition) is 1. The first-order valence-electron chi connectivity index (χ1n) is 6.61. The van der Waals surface area contributed by atoms with Crippen LogP contribution in [0.3, 0.4) is 0 Å². The molecule has 0 bridgehead atoms. The highest BCUT2D eigenvalue weighted by Gasteiger charge is 2.42. The third kappa shape index (κ3) is 3.18. The molecule has 0 aliphatic carbocycles. The first kappa shape index (κ1) is 14.4. The molecule has 110 valence electrons. The minimum absolute atomic E-state index is 0.0124. The van der Waals surface area contributed by atoms with Crippen molar-refractivity contribution in [1.29, 1.82) is 0 Å². The number of nitrogens with one attached hydrogen (secondary N) is 1. The van der Waals surface area contributed by atoms with E-state index in [1.165, 1.54) is 0 Å². The number of halogens is 2. The maximum absolute atomic E-state index is 6.06. The van der Waals surface area contributed by atoms with Gasteiger partial charge in [0.1, 0.15) is 11.9 Å². The molecule has 0 saturated carbocycles. The summed E-state index contributed by atoms with van der Waals surface area (Å²) < 4.78 is 17.2. The fraction of sp³-hybridized carbons (Fsp3) is 0.615. The Hall–Kier alpha value is -0.590. The molecule has 3 heterocycles. The molecule has 2 aliphatic heterocycles. The van der Waals surface area contributed by atoms with E-state index in [9.17, 15) is 0 Å². The van der Waals surface area contributed by atoms with Crippen LogP contribution in [0.2, 0.25) is 10.0 Å². The Balaban J connectivity index is 1.54. The molecule has 1 atom stereocenters. The zero-order chi connectivity index (χ0) is 14.0. The number of rotatable bonds is 3. The van der Waals surface area contributed by atoms with E-state index in [0.717, 1.165) is 12.8 Å². The third-order valence-corrected chi connectivity index (χ3v) is 3.97. The summed E-state index contributed by atoms with van der Waals surface area (Å²) in [5.74, 6) is 0.148. The van der Waals surface area contributed by atoms with Gasteiger partial charge in [-0.2, -0.15) is 0 Å². The molecule has 1 N–H and O–H groups in total.